The average molecular weight is 238 g/mol. The van der Waals surface area contributed by atoms with Crippen LogP contribution in [-0.2, 0) is 0 Å². The number of hydrogen-bond donors (Lipinski definition) is 1. The standard InChI is InChI=1S/C10H8ClN3O2/c1-6-2-3-7(16-6)10(15)14-9-8(11)12-4-5-13-9/h2-5H,1H3,(H,13,14,15). The van der Waals surface area contributed by atoms with Gasteiger partial charge in [0.1, 0.15) is 5.76 Å². The van der Waals surface area contributed by atoms with Crippen LogP contribution < -0.4 is 5.32 Å². The molecule has 0 saturated heterocycles. The van der Waals surface area contributed by atoms with E-state index in [9.17, 15) is 4.79 Å². The lowest BCUT2D eigenvalue weighted by atomic mass is 10.4. The molecule has 0 aliphatic carbocycles. The molecule has 16 heavy (non-hydrogen) atoms. The maximum absolute atomic E-state index is 11.6. The number of nitrogens with one attached hydrogen (secondary N) is 1. The van der Waals surface area contributed by atoms with Gasteiger partial charge in [0.2, 0.25) is 0 Å². The third-order valence-corrected chi connectivity index (χ3v) is 2.13. The van der Waals surface area contributed by atoms with Crippen molar-refractivity contribution >= 4 is 23.3 Å². The van der Waals surface area contributed by atoms with Crippen LogP contribution in [0.15, 0.2) is 28.9 Å². The molecule has 1 amide bonds. The van der Waals surface area contributed by atoms with E-state index in [0.29, 0.717) is 5.76 Å². The normalized spacial score (nSPS) is 10.1. The van der Waals surface area contributed by atoms with Crippen LogP contribution in [0.4, 0.5) is 5.82 Å². The van der Waals surface area contributed by atoms with E-state index in [4.69, 9.17) is 16.0 Å². The Morgan fingerprint density at radius 3 is 2.75 bits per heavy atom. The molecular formula is C10H8ClN3O2. The maximum Gasteiger partial charge on any atom is 0.292 e. The number of halogens is 1. The lowest BCUT2D eigenvalue weighted by Gasteiger charge is -2.02. The fourth-order valence-electron chi connectivity index (χ4n) is 1.13. The zero-order chi connectivity index (χ0) is 11.5. The monoisotopic (exact) mass is 237 g/mol. The topological polar surface area (TPSA) is 68.0 Å². The Kier molecular flexibility index (Phi) is 2.87. The van der Waals surface area contributed by atoms with Crippen molar-refractivity contribution in [3.63, 3.8) is 0 Å². The molecule has 0 aliphatic rings. The summed E-state index contributed by atoms with van der Waals surface area (Å²) in [4.78, 5) is 19.3. The van der Waals surface area contributed by atoms with Gasteiger partial charge in [0.05, 0.1) is 0 Å². The molecule has 5 nitrogen and oxygen atoms in total. The number of aromatic nitrogens is 2. The van der Waals surface area contributed by atoms with Crippen molar-refractivity contribution in [2.24, 2.45) is 0 Å². The van der Waals surface area contributed by atoms with Crippen LogP contribution in [0.3, 0.4) is 0 Å². The smallest absolute Gasteiger partial charge is 0.292 e. The van der Waals surface area contributed by atoms with Gasteiger partial charge in [-0.05, 0) is 19.1 Å². The van der Waals surface area contributed by atoms with Crippen molar-refractivity contribution in [3.8, 4) is 0 Å². The summed E-state index contributed by atoms with van der Waals surface area (Å²) >= 11 is 5.74. The van der Waals surface area contributed by atoms with Gasteiger partial charge in [0.15, 0.2) is 16.7 Å². The fraction of sp³-hybridized carbons (Fsp3) is 0.100. The number of carbonyl (C=O) groups excluding carboxylic acids is 1. The van der Waals surface area contributed by atoms with Crippen molar-refractivity contribution in [1.29, 1.82) is 0 Å². The van der Waals surface area contributed by atoms with E-state index >= 15 is 0 Å². The summed E-state index contributed by atoms with van der Waals surface area (Å²) < 4.78 is 5.15. The van der Waals surface area contributed by atoms with Gasteiger partial charge < -0.3 is 9.73 Å². The predicted molar refractivity (Wildman–Crippen MR) is 58.4 cm³/mol. The first-order chi connectivity index (χ1) is 7.66. The van der Waals surface area contributed by atoms with E-state index in [0.717, 1.165) is 0 Å². The Hall–Kier alpha value is -1.88. The van der Waals surface area contributed by atoms with E-state index in [-0.39, 0.29) is 16.7 Å². The van der Waals surface area contributed by atoms with E-state index in [1.165, 1.54) is 12.4 Å². The van der Waals surface area contributed by atoms with Gasteiger partial charge >= 0.3 is 0 Å². The molecule has 0 spiro atoms. The van der Waals surface area contributed by atoms with Gasteiger partial charge in [-0.15, -0.1) is 0 Å². The van der Waals surface area contributed by atoms with Gasteiger partial charge in [0, 0.05) is 12.4 Å². The number of nitrogens with zero attached hydrogens (tertiary/aromatic N) is 2. The van der Waals surface area contributed by atoms with Crippen LogP contribution in [0, 0.1) is 6.92 Å². The van der Waals surface area contributed by atoms with Crippen molar-refractivity contribution in [3.05, 3.63) is 41.2 Å². The second kappa shape index (κ2) is 4.32. The molecule has 0 saturated carbocycles. The molecular weight excluding hydrogens is 230 g/mol. The van der Waals surface area contributed by atoms with Crippen LogP contribution in [0.5, 0.6) is 0 Å². The molecule has 6 heteroatoms. The first kappa shape index (κ1) is 10.6. The number of rotatable bonds is 2. The molecule has 2 aromatic heterocycles. The highest BCUT2D eigenvalue weighted by molar-refractivity contribution is 6.32. The Bertz CT molecular complexity index is 524. The molecule has 0 aliphatic heterocycles. The Morgan fingerprint density at radius 2 is 2.12 bits per heavy atom. The van der Waals surface area contributed by atoms with E-state index in [1.54, 1.807) is 19.1 Å². The zero-order valence-electron chi connectivity index (χ0n) is 8.40. The summed E-state index contributed by atoms with van der Waals surface area (Å²) in [5.74, 6) is 0.674. The molecule has 0 radical (unpaired) electrons. The lowest BCUT2D eigenvalue weighted by molar-refractivity contribution is 0.0995. The van der Waals surface area contributed by atoms with Crippen molar-refractivity contribution in [2.45, 2.75) is 6.92 Å². The van der Waals surface area contributed by atoms with Crippen LogP contribution >= 0.6 is 11.6 Å². The molecule has 82 valence electrons. The van der Waals surface area contributed by atoms with Crippen LogP contribution in [0.25, 0.3) is 0 Å². The molecule has 0 fully saturated rings. The molecule has 0 aromatic carbocycles. The summed E-state index contributed by atoms with van der Waals surface area (Å²) in [6, 6.07) is 3.28. The predicted octanol–water partition coefficient (Wildman–Crippen LogP) is 2.28. The molecule has 0 unspecified atom stereocenters. The van der Waals surface area contributed by atoms with E-state index in [1.807, 2.05) is 0 Å². The van der Waals surface area contributed by atoms with Crippen molar-refractivity contribution in [2.75, 3.05) is 5.32 Å². The average Bonchev–Trinajstić information content (AvgIpc) is 2.68. The molecule has 2 aromatic rings. The van der Waals surface area contributed by atoms with Gasteiger partial charge in [-0.25, -0.2) is 9.97 Å². The SMILES string of the molecule is Cc1ccc(C(=O)Nc2nccnc2Cl)o1. The molecule has 2 heterocycles. The molecule has 0 atom stereocenters. The summed E-state index contributed by atoms with van der Waals surface area (Å²) in [5, 5.41) is 2.64. The summed E-state index contributed by atoms with van der Waals surface area (Å²) in [6.07, 6.45) is 2.88. The Morgan fingerprint density at radius 1 is 1.38 bits per heavy atom. The van der Waals surface area contributed by atoms with Crippen LogP contribution in [0.1, 0.15) is 16.3 Å². The van der Waals surface area contributed by atoms with Crippen LogP contribution in [-0.4, -0.2) is 15.9 Å². The maximum atomic E-state index is 11.6. The van der Waals surface area contributed by atoms with Gasteiger partial charge in [-0.1, -0.05) is 11.6 Å². The lowest BCUT2D eigenvalue weighted by Crippen LogP contribution is -2.12. The Balaban J connectivity index is 2.17. The van der Waals surface area contributed by atoms with Crippen molar-refractivity contribution < 1.29 is 9.21 Å². The summed E-state index contributed by atoms with van der Waals surface area (Å²) in [6.45, 7) is 1.76. The Labute approximate surface area is 96.5 Å². The first-order valence-electron chi connectivity index (χ1n) is 4.51. The number of carbonyl (C=O) groups is 1. The molecule has 1 N–H and O–H groups in total. The highest BCUT2D eigenvalue weighted by Gasteiger charge is 2.12. The second-order valence-electron chi connectivity index (χ2n) is 3.06. The number of aryl methyl sites for hydroxylation is 1. The summed E-state index contributed by atoms with van der Waals surface area (Å²) in [5.41, 5.74) is 0. The first-order valence-corrected chi connectivity index (χ1v) is 4.89. The van der Waals surface area contributed by atoms with Crippen LogP contribution in [0.2, 0.25) is 5.15 Å². The number of hydrogen-bond acceptors (Lipinski definition) is 4. The van der Waals surface area contributed by atoms with Gasteiger partial charge in [-0.2, -0.15) is 0 Å². The number of anilines is 1. The van der Waals surface area contributed by atoms with Gasteiger partial charge in [-0.3, -0.25) is 4.79 Å². The minimum atomic E-state index is -0.407. The largest absolute Gasteiger partial charge is 0.456 e. The third-order valence-electron chi connectivity index (χ3n) is 1.85. The van der Waals surface area contributed by atoms with Gasteiger partial charge in [0.25, 0.3) is 5.91 Å². The molecule has 0 bridgehead atoms. The highest BCUT2D eigenvalue weighted by atomic mass is 35.5. The minimum Gasteiger partial charge on any atom is -0.456 e. The van der Waals surface area contributed by atoms with E-state index in [2.05, 4.69) is 15.3 Å². The fourth-order valence-corrected chi connectivity index (χ4v) is 1.28. The molecule has 2 rings (SSSR count). The quantitative estimate of drug-likeness (QED) is 0.870. The second-order valence-corrected chi connectivity index (χ2v) is 3.42. The third kappa shape index (κ3) is 2.20. The summed E-state index contributed by atoms with van der Waals surface area (Å²) in [7, 11) is 0. The highest BCUT2D eigenvalue weighted by Crippen LogP contribution is 2.16. The zero-order valence-corrected chi connectivity index (χ0v) is 9.15. The van der Waals surface area contributed by atoms with E-state index < -0.39 is 5.91 Å². The minimum absolute atomic E-state index is 0.138. The number of furan rings is 1. The van der Waals surface area contributed by atoms with Crippen molar-refractivity contribution in [1.82, 2.24) is 9.97 Å². The number of amides is 1.